The van der Waals surface area contributed by atoms with E-state index in [-0.39, 0.29) is 5.91 Å². The largest absolute Gasteiger partial charge is 0.361 e. The molecule has 1 amide bonds. The summed E-state index contributed by atoms with van der Waals surface area (Å²) in [7, 11) is 0. The van der Waals surface area contributed by atoms with E-state index in [0.29, 0.717) is 22.4 Å². The highest BCUT2D eigenvalue weighted by molar-refractivity contribution is 7.17. The Labute approximate surface area is 114 Å². The van der Waals surface area contributed by atoms with E-state index in [9.17, 15) is 4.79 Å². The lowest BCUT2D eigenvalue weighted by atomic mass is 10.2. The van der Waals surface area contributed by atoms with Crippen molar-refractivity contribution in [2.45, 2.75) is 27.3 Å². The molecule has 7 nitrogen and oxygen atoms in total. The maximum atomic E-state index is 11.9. The molecule has 19 heavy (non-hydrogen) atoms. The van der Waals surface area contributed by atoms with Crippen LogP contribution in [0, 0.1) is 13.8 Å². The summed E-state index contributed by atoms with van der Waals surface area (Å²) < 4.78 is 5.03. The molecule has 0 saturated carbocycles. The van der Waals surface area contributed by atoms with Gasteiger partial charge in [-0.25, -0.2) is 0 Å². The summed E-state index contributed by atoms with van der Waals surface area (Å²) >= 11 is 1.23. The van der Waals surface area contributed by atoms with Crippen molar-refractivity contribution in [1.82, 2.24) is 20.7 Å². The van der Waals surface area contributed by atoms with Crippen molar-refractivity contribution < 1.29 is 9.32 Å². The van der Waals surface area contributed by atoms with Crippen LogP contribution < -0.4 is 10.6 Å². The van der Waals surface area contributed by atoms with Gasteiger partial charge < -0.3 is 15.2 Å². The minimum absolute atomic E-state index is 0.248. The minimum Gasteiger partial charge on any atom is -0.361 e. The van der Waals surface area contributed by atoms with Crippen LogP contribution in [0.2, 0.25) is 0 Å². The molecule has 0 aliphatic carbocycles. The molecule has 2 rings (SSSR count). The molecule has 0 spiro atoms. The predicted octanol–water partition coefficient (Wildman–Crippen LogP) is 1.50. The minimum atomic E-state index is -0.248. The molecule has 0 aliphatic heterocycles. The first-order chi connectivity index (χ1) is 9.11. The second-order valence-corrected chi connectivity index (χ2v) is 4.91. The van der Waals surface area contributed by atoms with E-state index in [2.05, 4.69) is 26.0 Å². The Kier molecular flexibility index (Phi) is 4.10. The van der Waals surface area contributed by atoms with Crippen molar-refractivity contribution >= 4 is 22.4 Å². The fourth-order valence-electron chi connectivity index (χ4n) is 1.54. The maximum absolute atomic E-state index is 11.9. The van der Waals surface area contributed by atoms with Gasteiger partial charge in [-0.15, -0.1) is 10.2 Å². The Balaban J connectivity index is 1.97. The maximum Gasteiger partial charge on any atom is 0.282 e. The number of rotatable bonds is 5. The van der Waals surface area contributed by atoms with E-state index in [0.717, 1.165) is 17.8 Å². The van der Waals surface area contributed by atoms with Gasteiger partial charge in [0.15, 0.2) is 0 Å². The molecule has 0 radical (unpaired) electrons. The summed E-state index contributed by atoms with van der Waals surface area (Å²) in [6, 6.07) is 0. The zero-order valence-corrected chi connectivity index (χ0v) is 11.8. The number of carbonyl (C=O) groups is 1. The summed E-state index contributed by atoms with van der Waals surface area (Å²) in [5, 5.41) is 18.3. The number of anilines is 1. The topological polar surface area (TPSA) is 92.9 Å². The Bertz CT molecular complexity index is 558. The fourth-order valence-corrected chi connectivity index (χ4v) is 2.26. The van der Waals surface area contributed by atoms with E-state index >= 15 is 0 Å². The zero-order valence-electron chi connectivity index (χ0n) is 11.0. The Hall–Kier alpha value is -1.96. The van der Waals surface area contributed by atoms with Crippen molar-refractivity contribution in [1.29, 1.82) is 0 Å². The monoisotopic (exact) mass is 281 g/mol. The van der Waals surface area contributed by atoms with E-state index in [1.165, 1.54) is 11.3 Å². The van der Waals surface area contributed by atoms with Gasteiger partial charge in [0.25, 0.3) is 5.91 Å². The summed E-state index contributed by atoms with van der Waals surface area (Å²) in [5.41, 5.74) is 1.67. The lowest BCUT2D eigenvalue weighted by Gasteiger charge is -2.01. The smallest absolute Gasteiger partial charge is 0.282 e. The van der Waals surface area contributed by atoms with Crippen molar-refractivity contribution in [3.8, 4) is 0 Å². The SMILES string of the molecule is CCNc1nnc(C(=O)NCc2c(C)noc2C)s1. The highest BCUT2D eigenvalue weighted by Gasteiger charge is 2.14. The molecule has 0 fully saturated rings. The lowest BCUT2D eigenvalue weighted by molar-refractivity contribution is 0.0949. The molecule has 0 aromatic carbocycles. The second-order valence-electron chi connectivity index (χ2n) is 3.93. The first-order valence-electron chi connectivity index (χ1n) is 5.89. The van der Waals surface area contributed by atoms with Gasteiger partial charge in [-0.3, -0.25) is 4.79 Å². The number of aryl methyl sites for hydroxylation is 2. The Morgan fingerprint density at radius 1 is 1.37 bits per heavy atom. The number of amides is 1. The Morgan fingerprint density at radius 2 is 2.16 bits per heavy atom. The van der Waals surface area contributed by atoms with Crippen LogP contribution in [0.4, 0.5) is 5.13 Å². The molecule has 0 atom stereocenters. The molecule has 102 valence electrons. The molecule has 2 N–H and O–H groups in total. The van der Waals surface area contributed by atoms with Gasteiger partial charge >= 0.3 is 0 Å². The standard InChI is InChI=1S/C11H15N5O2S/c1-4-12-11-15-14-10(19-11)9(17)13-5-8-6(2)16-18-7(8)3/h4-5H2,1-3H3,(H,12,15)(H,13,17). The molecule has 2 heterocycles. The first kappa shape index (κ1) is 13.5. The molecular formula is C11H15N5O2S. The third kappa shape index (κ3) is 3.08. The van der Waals surface area contributed by atoms with Crippen LogP contribution in [0.3, 0.4) is 0 Å². The van der Waals surface area contributed by atoms with Crippen molar-refractivity contribution in [2.24, 2.45) is 0 Å². The molecule has 8 heteroatoms. The van der Waals surface area contributed by atoms with E-state index in [1.54, 1.807) is 0 Å². The van der Waals surface area contributed by atoms with Crippen LogP contribution >= 0.6 is 11.3 Å². The average molecular weight is 281 g/mol. The van der Waals surface area contributed by atoms with Crippen molar-refractivity contribution in [3.05, 3.63) is 22.0 Å². The molecule has 2 aromatic heterocycles. The lowest BCUT2D eigenvalue weighted by Crippen LogP contribution is -2.23. The van der Waals surface area contributed by atoms with Gasteiger partial charge in [0.2, 0.25) is 10.1 Å². The third-order valence-corrected chi connectivity index (χ3v) is 3.43. The van der Waals surface area contributed by atoms with Gasteiger partial charge in [-0.05, 0) is 20.8 Å². The molecule has 0 bridgehead atoms. The molecule has 0 aliphatic rings. The molecule has 0 unspecified atom stereocenters. The normalized spacial score (nSPS) is 10.5. The number of nitrogens with zero attached hydrogens (tertiary/aromatic N) is 3. The van der Waals surface area contributed by atoms with Gasteiger partial charge in [-0.2, -0.15) is 0 Å². The summed E-state index contributed by atoms with van der Waals surface area (Å²) in [6.07, 6.45) is 0. The molecule has 0 saturated heterocycles. The number of hydrogen-bond donors (Lipinski definition) is 2. The van der Waals surface area contributed by atoms with Crippen LogP contribution in [0.5, 0.6) is 0 Å². The van der Waals surface area contributed by atoms with Gasteiger partial charge in [0.05, 0.1) is 5.69 Å². The highest BCUT2D eigenvalue weighted by Crippen LogP contribution is 2.15. The van der Waals surface area contributed by atoms with E-state index < -0.39 is 0 Å². The van der Waals surface area contributed by atoms with Gasteiger partial charge in [0.1, 0.15) is 5.76 Å². The van der Waals surface area contributed by atoms with E-state index in [4.69, 9.17) is 4.52 Å². The van der Waals surface area contributed by atoms with E-state index in [1.807, 2.05) is 20.8 Å². The fraction of sp³-hybridized carbons (Fsp3) is 0.455. The van der Waals surface area contributed by atoms with Crippen LogP contribution in [-0.4, -0.2) is 27.8 Å². The van der Waals surface area contributed by atoms with Crippen molar-refractivity contribution in [2.75, 3.05) is 11.9 Å². The first-order valence-corrected chi connectivity index (χ1v) is 6.70. The highest BCUT2D eigenvalue weighted by atomic mass is 32.1. The zero-order chi connectivity index (χ0) is 13.8. The summed E-state index contributed by atoms with van der Waals surface area (Å²) in [4.78, 5) is 11.9. The van der Waals surface area contributed by atoms with Crippen LogP contribution in [-0.2, 0) is 6.54 Å². The average Bonchev–Trinajstić information content (AvgIpc) is 2.96. The van der Waals surface area contributed by atoms with Crippen LogP contribution in [0.25, 0.3) is 0 Å². The van der Waals surface area contributed by atoms with Crippen molar-refractivity contribution in [3.63, 3.8) is 0 Å². The number of hydrogen-bond acceptors (Lipinski definition) is 7. The summed E-state index contributed by atoms with van der Waals surface area (Å²) in [5.74, 6) is 0.463. The molecular weight excluding hydrogens is 266 g/mol. The number of carbonyl (C=O) groups excluding carboxylic acids is 1. The second kappa shape index (κ2) is 5.79. The third-order valence-electron chi connectivity index (χ3n) is 2.55. The Morgan fingerprint density at radius 3 is 2.79 bits per heavy atom. The summed E-state index contributed by atoms with van der Waals surface area (Å²) in [6.45, 7) is 6.73. The number of aromatic nitrogens is 3. The molecule has 2 aromatic rings. The predicted molar refractivity (Wildman–Crippen MR) is 71.2 cm³/mol. The van der Waals surface area contributed by atoms with Gasteiger partial charge in [-0.1, -0.05) is 16.5 Å². The van der Waals surface area contributed by atoms with Crippen LogP contribution in [0.15, 0.2) is 4.52 Å². The number of nitrogens with one attached hydrogen (secondary N) is 2. The van der Waals surface area contributed by atoms with Crippen LogP contribution in [0.1, 0.15) is 33.7 Å². The quantitative estimate of drug-likeness (QED) is 0.862. The van der Waals surface area contributed by atoms with Gasteiger partial charge in [0, 0.05) is 18.7 Å².